The Labute approximate surface area is 247 Å². The molecular weight excluding hydrogens is 508 g/mol. The van der Waals surface area contributed by atoms with E-state index in [9.17, 15) is 0 Å². The Kier molecular flexibility index (Phi) is 6.07. The monoisotopic (exact) mass is 540 g/mol. The maximum atomic E-state index is 5.01. The van der Waals surface area contributed by atoms with Gasteiger partial charge in [-0.3, -0.25) is 0 Å². The molecule has 0 aliphatic heterocycles. The molecule has 202 valence electrons. The zero-order valence-electron chi connectivity index (χ0n) is 23.6. The Hall–Kier alpha value is -4.82. The maximum absolute atomic E-state index is 5.01. The van der Waals surface area contributed by atoms with Gasteiger partial charge in [0.2, 0.25) is 0 Å². The van der Waals surface area contributed by atoms with Crippen molar-refractivity contribution in [2.24, 2.45) is 0 Å². The minimum Gasteiger partial charge on any atom is -0.228 e. The summed E-state index contributed by atoms with van der Waals surface area (Å²) in [5.41, 5.74) is 13.7. The van der Waals surface area contributed by atoms with E-state index in [1.807, 2.05) is 24.3 Å². The minimum absolute atomic E-state index is 0.201. The lowest BCUT2D eigenvalue weighted by molar-refractivity contribution is 0.353. The fourth-order valence-electron chi connectivity index (χ4n) is 7.24. The van der Waals surface area contributed by atoms with E-state index >= 15 is 0 Å². The summed E-state index contributed by atoms with van der Waals surface area (Å²) in [7, 11) is 0. The van der Waals surface area contributed by atoms with Crippen molar-refractivity contribution < 1.29 is 0 Å². The Morgan fingerprint density at radius 3 is 1.67 bits per heavy atom. The largest absolute Gasteiger partial charge is 0.228 e. The van der Waals surface area contributed by atoms with Crippen LogP contribution in [-0.2, 0) is 5.41 Å². The maximum Gasteiger partial charge on any atom is 0.160 e. The van der Waals surface area contributed by atoms with Crippen LogP contribution < -0.4 is 0 Å². The van der Waals surface area contributed by atoms with E-state index in [-0.39, 0.29) is 5.41 Å². The van der Waals surface area contributed by atoms with Crippen LogP contribution >= 0.6 is 0 Å². The van der Waals surface area contributed by atoms with Crippen LogP contribution in [0.5, 0.6) is 0 Å². The second-order valence-electron chi connectivity index (χ2n) is 11.7. The van der Waals surface area contributed by atoms with Crippen LogP contribution in [0, 0.1) is 0 Å². The third-order valence-electron chi connectivity index (χ3n) is 9.32. The van der Waals surface area contributed by atoms with Crippen molar-refractivity contribution in [2.75, 3.05) is 0 Å². The standard InChI is InChI=1S/C40H32N2/c1-4-12-29(13-5-1)37-27-38(42-39(41-37)31-14-6-2-7-15-31)30-20-18-28(19-21-30)32-22-23-36-34(26-32)33-16-8-9-17-35(33)40(36)24-10-3-11-25-40/h1-2,4-9,12-23,26-27H,3,10-11,24-25H2. The summed E-state index contributed by atoms with van der Waals surface area (Å²) in [6.45, 7) is 0. The van der Waals surface area contributed by atoms with Crippen LogP contribution in [0.2, 0.25) is 0 Å². The Morgan fingerprint density at radius 2 is 0.952 bits per heavy atom. The number of hydrogen-bond acceptors (Lipinski definition) is 2. The minimum atomic E-state index is 0.201. The summed E-state index contributed by atoms with van der Waals surface area (Å²) >= 11 is 0. The van der Waals surface area contributed by atoms with E-state index in [0.29, 0.717) is 0 Å². The lowest BCUT2D eigenvalue weighted by Gasteiger charge is -2.36. The third kappa shape index (κ3) is 4.18. The molecule has 2 heteroatoms. The van der Waals surface area contributed by atoms with Crippen molar-refractivity contribution in [1.82, 2.24) is 9.97 Å². The molecule has 1 aromatic heterocycles. The number of hydrogen-bond donors (Lipinski definition) is 0. The summed E-state index contributed by atoms with van der Waals surface area (Å²) < 4.78 is 0. The first-order valence-corrected chi connectivity index (χ1v) is 15.1. The first-order valence-electron chi connectivity index (χ1n) is 15.1. The summed E-state index contributed by atoms with van der Waals surface area (Å²) in [4.78, 5) is 9.95. The van der Waals surface area contributed by atoms with Gasteiger partial charge in [-0.15, -0.1) is 0 Å². The summed E-state index contributed by atoms with van der Waals surface area (Å²) in [6.07, 6.45) is 6.52. The van der Waals surface area contributed by atoms with Gasteiger partial charge < -0.3 is 0 Å². The molecular formula is C40H32N2. The lowest BCUT2D eigenvalue weighted by Crippen LogP contribution is -2.27. The van der Waals surface area contributed by atoms with E-state index in [4.69, 9.17) is 9.97 Å². The highest BCUT2D eigenvalue weighted by molar-refractivity contribution is 5.85. The van der Waals surface area contributed by atoms with Gasteiger partial charge in [-0.2, -0.15) is 0 Å². The molecule has 42 heavy (non-hydrogen) atoms. The number of nitrogens with zero attached hydrogens (tertiary/aromatic N) is 2. The molecule has 0 saturated heterocycles. The predicted molar refractivity (Wildman–Crippen MR) is 173 cm³/mol. The quantitative estimate of drug-likeness (QED) is 0.222. The van der Waals surface area contributed by atoms with Crippen LogP contribution in [-0.4, -0.2) is 9.97 Å². The molecule has 1 saturated carbocycles. The van der Waals surface area contributed by atoms with Gasteiger partial charge in [-0.1, -0.05) is 141 Å². The van der Waals surface area contributed by atoms with Gasteiger partial charge in [-0.25, -0.2) is 9.97 Å². The zero-order chi connectivity index (χ0) is 27.9. The highest BCUT2D eigenvalue weighted by Crippen LogP contribution is 2.56. The van der Waals surface area contributed by atoms with Crippen LogP contribution in [0.25, 0.3) is 56.2 Å². The van der Waals surface area contributed by atoms with Gasteiger partial charge in [0.1, 0.15) is 0 Å². The average molecular weight is 541 g/mol. The molecule has 0 atom stereocenters. The SMILES string of the molecule is c1ccc(-c2cc(-c3ccc(-c4ccc5c(c4)-c4ccccc4C54CCCCC4)cc3)nc(-c3ccccc3)n2)cc1. The van der Waals surface area contributed by atoms with Crippen molar-refractivity contribution >= 4 is 0 Å². The molecule has 2 aliphatic carbocycles. The Morgan fingerprint density at radius 1 is 0.405 bits per heavy atom. The molecule has 2 nitrogen and oxygen atoms in total. The van der Waals surface area contributed by atoms with Crippen molar-refractivity contribution in [2.45, 2.75) is 37.5 Å². The Bertz CT molecular complexity index is 1830. The normalized spacial score (nSPS) is 14.9. The van der Waals surface area contributed by atoms with Crippen LogP contribution in [0.15, 0.2) is 133 Å². The fourth-order valence-corrected chi connectivity index (χ4v) is 7.24. The molecule has 5 aromatic carbocycles. The van der Waals surface area contributed by atoms with Crippen molar-refractivity contribution in [3.8, 4) is 56.2 Å². The molecule has 8 rings (SSSR count). The van der Waals surface area contributed by atoms with Crippen LogP contribution in [0.4, 0.5) is 0 Å². The number of fused-ring (bicyclic) bond motifs is 5. The van der Waals surface area contributed by atoms with Gasteiger partial charge in [-0.05, 0) is 58.4 Å². The molecule has 0 amide bonds. The highest BCUT2D eigenvalue weighted by atomic mass is 14.9. The Balaban J connectivity index is 1.18. The topological polar surface area (TPSA) is 25.8 Å². The molecule has 1 spiro atoms. The molecule has 0 radical (unpaired) electrons. The van der Waals surface area contributed by atoms with Crippen LogP contribution in [0.3, 0.4) is 0 Å². The fraction of sp³-hybridized carbons (Fsp3) is 0.150. The molecule has 0 bridgehead atoms. The average Bonchev–Trinajstić information content (AvgIpc) is 3.34. The van der Waals surface area contributed by atoms with E-state index in [1.165, 1.54) is 59.9 Å². The van der Waals surface area contributed by atoms with Crippen LogP contribution in [0.1, 0.15) is 43.2 Å². The first-order chi connectivity index (χ1) is 20.8. The van der Waals surface area contributed by atoms with Gasteiger partial charge in [0.15, 0.2) is 5.82 Å². The number of benzene rings is 5. The lowest BCUT2D eigenvalue weighted by atomic mass is 9.68. The first kappa shape index (κ1) is 24.9. The summed E-state index contributed by atoms with van der Waals surface area (Å²) in [6, 6.07) is 47.9. The molecule has 0 N–H and O–H groups in total. The van der Waals surface area contributed by atoms with Gasteiger partial charge in [0.25, 0.3) is 0 Å². The third-order valence-corrected chi connectivity index (χ3v) is 9.32. The van der Waals surface area contributed by atoms with Gasteiger partial charge >= 0.3 is 0 Å². The summed E-state index contributed by atoms with van der Waals surface area (Å²) in [5, 5.41) is 0. The molecule has 1 fully saturated rings. The van der Waals surface area contributed by atoms with Crippen molar-refractivity contribution in [1.29, 1.82) is 0 Å². The zero-order valence-corrected chi connectivity index (χ0v) is 23.6. The predicted octanol–water partition coefficient (Wildman–Crippen LogP) is 10.4. The van der Waals surface area contributed by atoms with E-state index in [0.717, 1.165) is 33.9 Å². The van der Waals surface area contributed by atoms with Crippen molar-refractivity contribution in [3.63, 3.8) is 0 Å². The van der Waals surface area contributed by atoms with Crippen molar-refractivity contribution in [3.05, 3.63) is 145 Å². The molecule has 1 heterocycles. The van der Waals surface area contributed by atoms with Gasteiger partial charge in [0.05, 0.1) is 11.4 Å². The highest BCUT2D eigenvalue weighted by Gasteiger charge is 2.43. The van der Waals surface area contributed by atoms with E-state index in [1.54, 1.807) is 5.56 Å². The summed E-state index contributed by atoms with van der Waals surface area (Å²) in [5.74, 6) is 0.741. The number of rotatable bonds is 4. The van der Waals surface area contributed by atoms with Gasteiger partial charge in [0, 0.05) is 22.1 Å². The molecule has 0 unspecified atom stereocenters. The number of aromatic nitrogens is 2. The molecule has 2 aliphatic rings. The second-order valence-corrected chi connectivity index (χ2v) is 11.7. The second kappa shape index (κ2) is 10.2. The molecule has 6 aromatic rings. The smallest absolute Gasteiger partial charge is 0.160 e. The van der Waals surface area contributed by atoms with E-state index in [2.05, 4.69) is 109 Å². The van der Waals surface area contributed by atoms with E-state index < -0.39 is 0 Å².